The molecule has 0 aliphatic heterocycles. The first-order valence-electron chi connectivity index (χ1n) is 8.89. The molecular formula is C18H28FN3O3. The highest BCUT2D eigenvalue weighted by atomic mass is 19.1. The predicted octanol–water partition coefficient (Wildman–Crippen LogP) is 2.30. The average Bonchev–Trinajstić information content (AvgIpc) is 3.31. The molecule has 0 spiro atoms. The third kappa shape index (κ3) is 5.83. The summed E-state index contributed by atoms with van der Waals surface area (Å²) in [4.78, 5) is 25.3. The molecule has 7 heteroatoms. The summed E-state index contributed by atoms with van der Waals surface area (Å²) in [6.45, 7) is 6.08. The van der Waals surface area contributed by atoms with Crippen molar-refractivity contribution in [2.45, 2.75) is 52.1 Å². The van der Waals surface area contributed by atoms with Crippen molar-refractivity contribution in [3.63, 3.8) is 0 Å². The van der Waals surface area contributed by atoms with Crippen LogP contribution in [-0.2, 0) is 16.0 Å². The number of carbonyl (C=O) groups excluding carboxylic acids is 2. The zero-order chi connectivity index (χ0) is 18.6. The van der Waals surface area contributed by atoms with Gasteiger partial charge in [0.25, 0.3) is 5.91 Å². The number of halogens is 1. The van der Waals surface area contributed by atoms with Gasteiger partial charge in [-0.25, -0.2) is 4.39 Å². The van der Waals surface area contributed by atoms with E-state index in [9.17, 15) is 14.0 Å². The third-order valence-corrected chi connectivity index (χ3v) is 4.33. The van der Waals surface area contributed by atoms with Crippen molar-refractivity contribution in [1.82, 2.24) is 15.4 Å². The molecular weight excluding hydrogens is 325 g/mol. The van der Waals surface area contributed by atoms with Gasteiger partial charge in [-0.2, -0.15) is 0 Å². The van der Waals surface area contributed by atoms with Gasteiger partial charge in [-0.1, -0.05) is 25.9 Å². The monoisotopic (exact) mass is 353 g/mol. The number of alkyl halides is 1. The van der Waals surface area contributed by atoms with Gasteiger partial charge >= 0.3 is 0 Å². The Balaban J connectivity index is 1.70. The van der Waals surface area contributed by atoms with Gasteiger partial charge in [-0.15, -0.1) is 0 Å². The second-order valence-corrected chi connectivity index (χ2v) is 7.45. The van der Waals surface area contributed by atoms with Crippen LogP contribution in [0.25, 0.3) is 0 Å². The first-order chi connectivity index (χ1) is 11.8. The normalized spacial score (nSPS) is 16.6. The van der Waals surface area contributed by atoms with Crippen molar-refractivity contribution in [3.05, 3.63) is 17.5 Å². The lowest BCUT2D eigenvalue weighted by Crippen LogP contribution is -2.41. The number of aromatic nitrogens is 1. The Morgan fingerprint density at radius 2 is 2.08 bits per heavy atom. The van der Waals surface area contributed by atoms with Crippen molar-refractivity contribution in [2.24, 2.45) is 11.8 Å². The van der Waals surface area contributed by atoms with Crippen molar-refractivity contribution >= 4 is 11.8 Å². The highest BCUT2D eigenvalue weighted by molar-refractivity contribution is 5.80. The maximum atomic E-state index is 13.8. The third-order valence-electron chi connectivity index (χ3n) is 4.33. The van der Waals surface area contributed by atoms with Gasteiger partial charge in [0.1, 0.15) is 5.76 Å². The number of rotatable bonds is 9. The summed E-state index contributed by atoms with van der Waals surface area (Å²) >= 11 is 0. The Morgan fingerprint density at radius 1 is 1.40 bits per heavy atom. The first kappa shape index (κ1) is 19.4. The number of hydrogen-bond donors (Lipinski definition) is 1. The summed E-state index contributed by atoms with van der Waals surface area (Å²) in [6.07, 6.45) is 0.944. The molecule has 0 aromatic carbocycles. The van der Waals surface area contributed by atoms with E-state index in [-0.39, 0.29) is 24.2 Å². The molecule has 140 valence electrons. The molecule has 1 N–H and O–H groups in total. The Hall–Kier alpha value is -1.92. The van der Waals surface area contributed by atoms with Crippen LogP contribution in [0.4, 0.5) is 4.39 Å². The van der Waals surface area contributed by atoms with Crippen LogP contribution in [0.3, 0.4) is 0 Å². The van der Waals surface area contributed by atoms with E-state index in [1.54, 1.807) is 20.9 Å². The predicted molar refractivity (Wildman–Crippen MR) is 91.7 cm³/mol. The number of nitrogens with zero attached hydrogens (tertiary/aromatic N) is 2. The molecule has 2 atom stereocenters. The standard InChI is InChI=1S/C18H28FN3O3/c1-11(2)17(19)18(24)22(4)10-12(3)9-20-16(23)8-14-7-15(25-21-14)13-5-6-13/h7,11-13,17H,5-6,8-10H2,1-4H3,(H,20,23). The Labute approximate surface area is 148 Å². The van der Waals surface area contributed by atoms with Gasteiger partial charge < -0.3 is 14.7 Å². The van der Waals surface area contributed by atoms with E-state index in [0.717, 1.165) is 18.6 Å². The molecule has 0 bridgehead atoms. The van der Waals surface area contributed by atoms with Crippen LogP contribution in [0.1, 0.15) is 51.0 Å². The van der Waals surface area contributed by atoms with Crippen molar-refractivity contribution in [3.8, 4) is 0 Å². The quantitative estimate of drug-likeness (QED) is 0.739. The number of hydrogen-bond acceptors (Lipinski definition) is 4. The highest BCUT2D eigenvalue weighted by Gasteiger charge is 2.28. The molecule has 1 saturated carbocycles. The minimum atomic E-state index is -1.49. The minimum absolute atomic E-state index is 0.0246. The first-order valence-corrected chi connectivity index (χ1v) is 8.89. The maximum absolute atomic E-state index is 13.8. The molecule has 25 heavy (non-hydrogen) atoms. The molecule has 6 nitrogen and oxygen atoms in total. The Kier molecular flexibility index (Phi) is 6.56. The van der Waals surface area contributed by atoms with Gasteiger partial charge in [-0.3, -0.25) is 9.59 Å². The smallest absolute Gasteiger partial charge is 0.257 e. The second kappa shape index (κ2) is 8.45. The largest absolute Gasteiger partial charge is 0.361 e. The average molecular weight is 353 g/mol. The molecule has 1 aliphatic rings. The molecule has 2 amide bonds. The molecule has 1 fully saturated rings. The Bertz CT molecular complexity index is 598. The van der Waals surface area contributed by atoms with Crippen LogP contribution in [0.5, 0.6) is 0 Å². The SMILES string of the molecule is CC(CNC(=O)Cc1cc(C2CC2)on1)CN(C)C(=O)C(F)C(C)C. The summed E-state index contributed by atoms with van der Waals surface area (Å²) in [7, 11) is 1.59. The number of nitrogens with one attached hydrogen (secondary N) is 1. The summed E-state index contributed by atoms with van der Waals surface area (Å²) in [5.41, 5.74) is 0.636. The summed E-state index contributed by atoms with van der Waals surface area (Å²) < 4.78 is 19.0. The molecule has 0 saturated heterocycles. The van der Waals surface area contributed by atoms with Crippen LogP contribution in [0, 0.1) is 11.8 Å². The van der Waals surface area contributed by atoms with E-state index < -0.39 is 12.1 Å². The molecule has 0 radical (unpaired) electrons. The molecule has 1 aromatic rings. The van der Waals surface area contributed by atoms with Gasteiger partial charge in [0, 0.05) is 32.1 Å². The molecule has 1 heterocycles. The van der Waals surface area contributed by atoms with Gasteiger partial charge in [0.05, 0.1) is 12.1 Å². The Morgan fingerprint density at radius 3 is 2.68 bits per heavy atom. The van der Waals surface area contributed by atoms with Crippen LogP contribution in [0.2, 0.25) is 0 Å². The van der Waals surface area contributed by atoms with Crippen LogP contribution in [-0.4, -0.2) is 48.2 Å². The molecule has 2 rings (SSSR count). The lowest BCUT2D eigenvalue weighted by atomic mass is 10.1. The van der Waals surface area contributed by atoms with E-state index in [4.69, 9.17) is 4.52 Å². The van der Waals surface area contributed by atoms with E-state index in [2.05, 4.69) is 10.5 Å². The van der Waals surface area contributed by atoms with Crippen LogP contribution < -0.4 is 5.32 Å². The van der Waals surface area contributed by atoms with Crippen LogP contribution in [0.15, 0.2) is 10.6 Å². The van der Waals surface area contributed by atoms with Crippen molar-refractivity contribution in [1.29, 1.82) is 0 Å². The summed E-state index contributed by atoms with van der Waals surface area (Å²) in [5, 5.41) is 6.75. The molecule has 1 aliphatic carbocycles. The fraction of sp³-hybridized carbons (Fsp3) is 0.722. The minimum Gasteiger partial charge on any atom is -0.361 e. The lowest BCUT2D eigenvalue weighted by Gasteiger charge is -2.24. The molecule has 1 aromatic heterocycles. The van der Waals surface area contributed by atoms with Gasteiger partial charge in [0.15, 0.2) is 6.17 Å². The number of amides is 2. The zero-order valence-corrected chi connectivity index (χ0v) is 15.4. The van der Waals surface area contributed by atoms with Gasteiger partial charge in [0.2, 0.25) is 5.91 Å². The van der Waals surface area contributed by atoms with Crippen molar-refractivity contribution < 1.29 is 18.5 Å². The lowest BCUT2D eigenvalue weighted by molar-refractivity contribution is -0.137. The van der Waals surface area contributed by atoms with E-state index in [1.807, 2.05) is 13.0 Å². The fourth-order valence-electron chi connectivity index (χ4n) is 2.60. The second-order valence-electron chi connectivity index (χ2n) is 7.45. The summed E-state index contributed by atoms with van der Waals surface area (Å²) in [6, 6.07) is 1.85. The van der Waals surface area contributed by atoms with E-state index >= 15 is 0 Å². The zero-order valence-electron chi connectivity index (χ0n) is 15.4. The topological polar surface area (TPSA) is 75.4 Å². The van der Waals surface area contributed by atoms with Crippen molar-refractivity contribution in [2.75, 3.05) is 20.1 Å². The highest BCUT2D eigenvalue weighted by Crippen LogP contribution is 2.40. The van der Waals surface area contributed by atoms with Crippen LogP contribution >= 0.6 is 0 Å². The maximum Gasteiger partial charge on any atom is 0.257 e. The molecule has 2 unspecified atom stereocenters. The van der Waals surface area contributed by atoms with E-state index in [1.165, 1.54) is 4.90 Å². The fourth-order valence-corrected chi connectivity index (χ4v) is 2.60. The van der Waals surface area contributed by atoms with Gasteiger partial charge in [-0.05, 0) is 24.7 Å². The summed E-state index contributed by atoms with van der Waals surface area (Å²) in [5.74, 6) is 0.375. The van der Waals surface area contributed by atoms with E-state index in [0.29, 0.717) is 24.7 Å². The number of carbonyl (C=O) groups is 2.